The fraction of sp³-hybridized carbons (Fsp3) is 0.385. The largest absolute Gasteiger partial charge is 0.480 e. The van der Waals surface area contributed by atoms with Gasteiger partial charge in [-0.3, -0.25) is 4.79 Å². The first-order valence-electron chi connectivity index (χ1n) is 5.72. The molecule has 1 rings (SSSR count). The molecule has 1 aromatic rings. The third-order valence-electron chi connectivity index (χ3n) is 2.62. The molecule has 0 bridgehead atoms. The second kappa shape index (κ2) is 7.06. The van der Waals surface area contributed by atoms with Crippen LogP contribution < -0.4 is 5.32 Å². The van der Waals surface area contributed by atoms with Crippen molar-refractivity contribution in [3.05, 3.63) is 35.9 Å². The van der Waals surface area contributed by atoms with Gasteiger partial charge in [-0.2, -0.15) is 12.6 Å². The van der Waals surface area contributed by atoms with Gasteiger partial charge in [0.05, 0.1) is 0 Å². The van der Waals surface area contributed by atoms with Crippen LogP contribution in [0.1, 0.15) is 12.5 Å². The smallest absolute Gasteiger partial charge is 0.326 e. The number of nitrogens with one attached hydrogen (secondary N) is 1. The first-order valence-corrected chi connectivity index (χ1v) is 6.35. The molecule has 18 heavy (non-hydrogen) atoms. The van der Waals surface area contributed by atoms with E-state index in [4.69, 9.17) is 5.11 Å². The van der Waals surface area contributed by atoms with Gasteiger partial charge < -0.3 is 10.4 Å². The van der Waals surface area contributed by atoms with Crippen LogP contribution in [-0.2, 0) is 16.0 Å². The molecule has 4 nitrogen and oxygen atoms in total. The van der Waals surface area contributed by atoms with Gasteiger partial charge in [0, 0.05) is 18.1 Å². The Bertz CT molecular complexity index is 408. The fourth-order valence-corrected chi connectivity index (χ4v) is 1.61. The highest BCUT2D eigenvalue weighted by molar-refractivity contribution is 7.80. The summed E-state index contributed by atoms with van der Waals surface area (Å²) in [4.78, 5) is 22.8. The summed E-state index contributed by atoms with van der Waals surface area (Å²) in [5, 5.41) is 11.6. The maximum absolute atomic E-state index is 11.7. The average molecular weight is 267 g/mol. The lowest BCUT2D eigenvalue weighted by Crippen LogP contribution is -2.44. The van der Waals surface area contributed by atoms with Crippen LogP contribution in [0.5, 0.6) is 0 Å². The molecule has 98 valence electrons. The van der Waals surface area contributed by atoms with E-state index >= 15 is 0 Å². The summed E-state index contributed by atoms with van der Waals surface area (Å²) < 4.78 is 0. The molecule has 1 aromatic carbocycles. The molecule has 0 fully saturated rings. The molecule has 0 aliphatic heterocycles. The Kier molecular flexibility index (Phi) is 5.71. The highest BCUT2D eigenvalue weighted by Crippen LogP contribution is 2.05. The maximum Gasteiger partial charge on any atom is 0.326 e. The molecule has 1 amide bonds. The molecule has 2 atom stereocenters. The van der Waals surface area contributed by atoms with E-state index in [1.165, 1.54) is 0 Å². The van der Waals surface area contributed by atoms with Gasteiger partial charge in [-0.1, -0.05) is 37.3 Å². The number of rotatable bonds is 6. The number of aliphatic carboxylic acids is 1. The molecule has 0 spiro atoms. The number of hydrogen-bond acceptors (Lipinski definition) is 3. The Hall–Kier alpha value is -1.49. The Balaban J connectivity index is 2.67. The van der Waals surface area contributed by atoms with Gasteiger partial charge in [-0.25, -0.2) is 4.79 Å². The second-order valence-electron chi connectivity index (χ2n) is 4.17. The van der Waals surface area contributed by atoms with Gasteiger partial charge in [0.25, 0.3) is 0 Å². The minimum Gasteiger partial charge on any atom is -0.480 e. The summed E-state index contributed by atoms with van der Waals surface area (Å²) in [6, 6.07) is 8.32. The summed E-state index contributed by atoms with van der Waals surface area (Å²) in [7, 11) is 0. The number of carbonyl (C=O) groups is 2. The predicted molar refractivity (Wildman–Crippen MR) is 72.7 cm³/mol. The van der Waals surface area contributed by atoms with Crippen molar-refractivity contribution < 1.29 is 14.7 Å². The summed E-state index contributed by atoms with van der Waals surface area (Å²) >= 11 is 4.02. The number of carboxylic acids is 1. The first-order chi connectivity index (χ1) is 8.54. The quantitative estimate of drug-likeness (QED) is 0.682. The lowest BCUT2D eigenvalue weighted by molar-refractivity contribution is -0.142. The van der Waals surface area contributed by atoms with E-state index in [1.807, 2.05) is 30.3 Å². The molecule has 0 saturated heterocycles. The molecule has 2 unspecified atom stereocenters. The van der Waals surface area contributed by atoms with E-state index in [2.05, 4.69) is 17.9 Å². The molecule has 5 heteroatoms. The lowest BCUT2D eigenvalue weighted by Gasteiger charge is -2.17. The van der Waals surface area contributed by atoms with Crippen molar-refractivity contribution in [3.8, 4) is 0 Å². The highest BCUT2D eigenvalue weighted by Gasteiger charge is 2.22. The molecule has 0 radical (unpaired) electrons. The van der Waals surface area contributed by atoms with E-state index in [-0.39, 0.29) is 18.2 Å². The number of amides is 1. The van der Waals surface area contributed by atoms with Crippen LogP contribution in [0.15, 0.2) is 30.3 Å². The molecular formula is C13H17NO3S. The van der Waals surface area contributed by atoms with E-state index in [0.29, 0.717) is 5.75 Å². The zero-order valence-electron chi connectivity index (χ0n) is 10.2. The van der Waals surface area contributed by atoms with Crippen molar-refractivity contribution in [1.29, 1.82) is 0 Å². The summed E-state index contributed by atoms with van der Waals surface area (Å²) in [5.74, 6) is -1.22. The third kappa shape index (κ3) is 4.41. The zero-order chi connectivity index (χ0) is 13.5. The lowest BCUT2D eigenvalue weighted by atomic mass is 10.1. The maximum atomic E-state index is 11.7. The minimum atomic E-state index is -1.03. The molecular weight excluding hydrogens is 250 g/mol. The van der Waals surface area contributed by atoms with Gasteiger partial charge in [-0.05, 0) is 5.56 Å². The summed E-state index contributed by atoms with van der Waals surface area (Å²) in [6.45, 7) is 1.71. The fourth-order valence-electron chi connectivity index (χ4n) is 1.45. The molecule has 0 saturated carbocycles. The predicted octanol–water partition coefficient (Wildman–Crippen LogP) is 1.36. The van der Waals surface area contributed by atoms with Gasteiger partial charge in [0.15, 0.2) is 0 Å². The Labute approximate surface area is 112 Å². The van der Waals surface area contributed by atoms with Gasteiger partial charge in [0.2, 0.25) is 5.91 Å². The SMILES string of the molecule is CC(CS)C(=O)NC(Cc1ccccc1)C(=O)O. The minimum absolute atomic E-state index is 0.279. The normalized spacial score (nSPS) is 13.7. The first kappa shape index (κ1) is 14.6. The van der Waals surface area contributed by atoms with Crippen molar-refractivity contribution in [3.63, 3.8) is 0 Å². The highest BCUT2D eigenvalue weighted by atomic mass is 32.1. The van der Waals surface area contributed by atoms with Crippen molar-refractivity contribution in [2.45, 2.75) is 19.4 Å². The van der Waals surface area contributed by atoms with E-state index in [1.54, 1.807) is 6.92 Å². The monoisotopic (exact) mass is 267 g/mol. The topological polar surface area (TPSA) is 66.4 Å². The van der Waals surface area contributed by atoms with Gasteiger partial charge in [0.1, 0.15) is 6.04 Å². The molecule has 0 aliphatic carbocycles. The Morgan fingerprint density at radius 1 is 1.33 bits per heavy atom. The van der Waals surface area contributed by atoms with Gasteiger partial charge >= 0.3 is 5.97 Å². The molecule has 0 aromatic heterocycles. The van der Waals surface area contributed by atoms with Crippen LogP contribution in [0.3, 0.4) is 0 Å². The third-order valence-corrected chi connectivity index (χ3v) is 3.17. The van der Waals surface area contributed by atoms with Gasteiger partial charge in [-0.15, -0.1) is 0 Å². The number of hydrogen-bond donors (Lipinski definition) is 3. The summed E-state index contributed by atoms with van der Waals surface area (Å²) in [5.41, 5.74) is 0.878. The van der Waals surface area contributed by atoms with Crippen molar-refractivity contribution >= 4 is 24.5 Å². The van der Waals surface area contributed by atoms with E-state index < -0.39 is 12.0 Å². The van der Waals surface area contributed by atoms with Crippen LogP contribution >= 0.6 is 12.6 Å². The second-order valence-corrected chi connectivity index (χ2v) is 4.54. The molecule has 0 aliphatic rings. The Morgan fingerprint density at radius 2 is 1.94 bits per heavy atom. The number of carbonyl (C=O) groups excluding carboxylic acids is 1. The van der Waals surface area contributed by atoms with Crippen LogP contribution in [0.25, 0.3) is 0 Å². The van der Waals surface area contributed by atoms with Crippen LogP contribution in [0.2, 0.25) is 0 Å². The van der Waals surface area contributed by atoms with Crippen LogP contribution in [0, 0.1) is 5.92 Å². The standard InChI is InChI=1S/C13H17NO3S/c1-9(8-18)12(15)14-11(13(16)17)7-10-5-3-2-4-6-10/h2-6,9,11,18H,7-8H2,1H3,(H,14,15)(H,16,17). The van der Waals surface area contributed by atoms with Crippen molar-refractivity contribution in [1.82, 2.24) is 5.32 Å². The van der Waals surface area contributed by atoms with Crippen molar-refractivity contribution in [2.75, 3.05) is 5.75 Å². The average Bonchev–Trinajstić information content (AvgIpc) is 2.37. The number of carboxylic acid groups (broad SMARTS) is 1. The van der Waals surface area contributed by atoms with E-state index in [9.17, 15) is 9.59 Å². The Morgan fingerprint density at radius 3 is 2.44 bits per heavy atom. The molecule has 2 N–H and O–H groups in total. The van der Waals surface area contributed by atoms with E-state index in [0.717, 1.165) is 5.56 Å². The number of thiol groups is 1. The number of benzene rings is 1. The molecule has 0 heterocycles. The van der Waals surface area contributed by atoms with Crippen LogP contribution in [0.4, 0.5) is 0 Å². The van der Waals surface area contributed by atoms with Crippen molar-refractivity contribution in [2.24, 2.45) is 5.92 Å². The van der Waals surface area contributed by atoms with Crippen LogP contribution in [-0.4, -0.2) is 28.8 Å². The zero-order valence-corrected chi connectivity index (χ0v) is 11.1. The summed E-state index contributed by atoms with van der Waals surface area (Å²) in [6.07, 6.45) is 0.279.